The van der Waals surface area contributed by atoms with E-state index in [1.807, 2.05) is 48.5 Å². The van der Waals surface area contributed by atoms with Crippen LogP contribution in [0, 0.1) is 0 Å². The summed E-state index contributed by atoms with van der Waals surface area (Å²) in [4.78, 5) is 12.6. The molecule has 3 aromatic rings. The van der Waals surface area contributed by atoms with E-state index in [0.717, 1.165) is 21.5 Å². The van der Waals surface area contributed by atoms with Crippen LogP contribution in [0.2, 0.25) is 0 Å². The lowest BCUT2D eigenvalue weighted by Gasteiger charge is -2.13. The van der Waals surface area contributed by atoms with Crippen molar-refractivity contribution in [3.05, 3.63) is 60.2 Å². The molecular formula is C19H18O4. The van der Waals surface area contributed by atoms with Crippen molar-refractivity contribution < 1.29 is 19.4 Å². The summed E-state index contributed by atoms with van der Waals surface area (Å²) in [5.41, 5.74) is 0.531. The van der Waals surface area contributed by atoms with Crippen molar-refractivity contribution in [1.29, 1.82) is 0 Å². The molecule has 1 atom stereocenters. The fraction of sp³-hybridized carbons (Fsp3) is 0.211. The van der Waals surface area contributed by atoms with Gasteiger partial charge in [-0.25, -0.2) is 4.79 Å². The number of rotatable bonds is 5. The Bertz CT molecular complexity index is 787. The topological polar surface area (TPSA) is 55.8 Å². The van der Waals surface area contributed by atoms with Gasteiger partial charge in [0.15, 0.2) is 0 Å². The third-order valence-corrected chi connectivity index (χ3v) is 3.74. The van der Waals surface area contributed by atoms with Crippen molar-refractivity contribution in [3.63, 3.8) is 0 Å². The zero-order valence-electron chi connectivity index (χ0n) is 12.9. The number of carbonyl (C=O) groups excluding carboxylic acids is 1. The molecular weight excluding hydrogens is 292 g/mol. The van der Waals surface area contributed by atoms with Crippen molar-refractivity contribution in [2.75, 3.05) is 20.3 Å². The minimum Gasteiger partial charge on any atom is -0.459 e. The molecule has 3 rings (SSSR count). The van der Waals surface area contributed by atoms with Crippen molar-refractivity contribution >= 4 is 27.5 Å². The standard InChI is InChI=1S/C19H18O4/c1-22-11-15(20)12-23-19(21)18-16-8-4-2-6-13(16)10-14-7-3-5-9-17(14)18/h2-10,15,20H,11-12H2,1H3. The third kappa shape index (κ3) is 3.18. The largest absolute Gasteiger partial charge is 0.459 e. The van der Waals surface area contributed by atoms with Gasteiger partial charge >= 0.3 is 5.97 Å². The first-order valence-electron chi connectivity index (χ1n) is 7.45. The van der Waals surface area contributed by atoms with Crippen LogP contribution in [0.4, 0.5) is 0 Å². The van der Waals surface area contributed by atoms with E-state index in [2.05, 4.69) is 6.07 Å². The van der Waals surface area contributed by atoms with Gasteiger partial charge in [0.2, 0.25) is 0 Å². The van der Waals surface area contributed by atoms with E-state index >= 15 is 0 Å². The highest BCUT2D eigenvalue weighted by Crippen LogP contribution is 2.29. The Kier molecular flexibility index (Phi) is 4.55. The number of ether oxygens (including phenoxy) is 2. The third-order valence-electron chi connectivity index (χ3n) is 3.74. The Balaban J connectivity index is 2.04. The quantitative estimate of drug-likeness (QED) is 0.581. The van der Waals surface area contributed by atoms with Gasteiger partial charge in [-0.1, -0.05) is 48.5 Å². The molecule has 3 aromatic carbocycles. The van der Waals surface area contributed by atoms with Crippen LogP contribution in [0.25, 0.3) is 21.5 Å². The van der Waals surface area contributed by atoms with Crippen LogP contribution in [0.3, 0.4) is 0 Å². The molecule has 118 valence electrons. The number of esters is 1. The molecule has 0 aliphatic heterocycles. The Labute approximate surface area is 134 Å². The van der Waals surface area contributed by atoms with Crippen LogP contribution < -0.4 is 0 Å². The van der Waals surface area contributed by atoms with Crippen LogP contribution in [0.15, 0.2) is 54.6 Å². The monoisotopic (exact) mass is 310 g/mol. The summed E-state index contributed by atoms with van der Waals surface area (Å²) in [7, 11) is 1.49. The molecule has 1 N–H and O–H groups in total. The van der Waals surface area contributed by atoms with Crippen molar-refractivity contribution in [1.82, 2.24) is 0 Å². The molecule has 0 spiro atoms. The second-order valence-electron chi connectivity index (χ2n) is 5.40. The number of methoxy groups -OCH3 is 1. The number of benzene rings is 3. The summed E-state index contributed by atoms with van der Waals surface area (Å²) < 4.78 is 10.1. The number of aliphatic hydroxyl groups is 1. The molecule has 0 bridgehead atoms. The van der Waals surface area contributed by atoms with Crippen LogP contribution in [-0.4, -0.2) is 37.5 Å². The van der Waals surface area contributed by atoms with Gasteiger partial charge in [0.1, 0.15) is 12.7 Å². The van der Waals surface area contributed by atoms with Gasteiger partial charge < -0.3 is 14.6 Å². The lowest BCUT2D eigenvalue weighted by molar-refractivity contribution is 0.000387. The van der Waals surface area contributed by atoms with E-state index < -0.39 is 12.1 Å². The van der Waals surface area contributed by atoms with Gasteiger partial charge in [-0.15, -0.1) is 0 Å². The van der Waals surface area contributed by atoms with E-state index in [-0.39, 0.29) is 13.2 Å². The first kappa shape index (κ1) is 15.5. The van der Waals surface area contributed by atoms with Gasteiger partial charge in [0.25, 0.3) is 0 Å². The van der Waals surface area contributed by atoms with E-state index in [4.69, 9.17) is 9.47 Å². The number of hydrogen-bond donors (Lipinski definition) is 1. The predicted octanol–water partition coefficient (Wildman–Crippen LogP) is 3.16. The van der Waals surface area contributed by atoms with Gasteiger partial charge in [0.05, 0.1) is 12.2 Å². The summed E-state index contributed by atoms with van der Waals surface area (Å²) >= 11 is 0. The first-order valence-corrected chi connectivity index (χ1v) is 7.45. The second-order valence-corrected chi connectivity index (χ2v) is 5.40. The molecule has 4 heteroatoms. The number of fused-ring (bicyclic) bond motifs is 2. The number of hydrogen-bond acceptors (Lipinski definition) is 4. The van der Waals surface area contributed by atoms with Gasteiger partial charge in [-0.05, 0) is 27.6 Å². The van der Waals surface area contributed by atoms with E-state index in [9.17, 15) is 9.90 Å². The van der Waals surface area contributed by atoms with Crippen LogP contribution in [-0.2, 0) is 9.47 Å². The number of aliphatic hydroxyl groups excluding tert-OH is 1. The molecule has 0 saturated heterocycles. The molecule has 0 amide bonds. The fourth-order valence-corrected chi connectivity index (χ4v) is 2.72. The normalized spacial score (nSPS) is 12.4. The molecule has 1 unspecified atom stereocenters. The highest BCUT2D eigenvalue weighted by Gasteiger charge is 2.17. The van der Waals surface area contributed by atoms with Crippen molar-refractivity contribution in [3.8, 4) is 0 Å². The average Bonchev–Trinajstić information content (AvgIpc) is 2.57. The Morgan fingerprint density at radius 2 is 1.57 bits per heavy atom. The molecule has 0 fully saturated rings. The molecule has 4 nitrogen and oxygen atoms in total. The maximum Gasteiger partial charge on any atom is 0.339 e. The first-order chi connectivity index (χ1) is 11.2. The lowest BCUT2D eigenvalue weighted by Crippen LogP contribution is -2.23. The average molecular weight is 310 g/mol. The minimum atomic E-state index is -0.829. The van der Waals surface area contributed by atoms with Crippen LogP contribution in [0.1, 0.15) is 10.4 Å². The number of carbonyl (C=O) groups is 1. The minimum absolute atomic E-state index is 0.0930. The summed E-state index contributed by atoms with van der Waals surface area (Å²) in [5.74, 6) is -0.437. The van der Waals surface area contributed by atoms with Crippen molar-refractivity contribution in [2.24, 2.45) is 0 Å². The highest BCUT2D eigenvalue weighted by atomic mass is 16.5. The van der Waals surface area contributed by atoms with Gasteiger partial charge in [-0.3, -0.25) is 0 Å². The Morgan fingerprint density at radius 3 is 2.13 bits per heavy atom. The lowest BCUT2D eigenvalue weighted by atomic mass is 9.97. The molecule has 0 aliphatic rings. The predicted molar refractivity (Wildman–Crippen MR) is 89.6 cm³/mol. The molecule has 0 saturated carbocycles. The van der Waals surface area contributed by atoms with Crippen molar-refractivity contribution in [2.45, 2.75) is 6.10 Å². The van der Waals surface area contributed by atoms with Crippen LogP contribution in [0.5, 0.6) is 0 Å². The second kappa shape index (κ2) is 6.77. The Morgan fingerprint density at radius 1 is 1.00 bits per heavy atom. The highest BCUT2D eigenvalue weighted by molar-refractivity contribution is 6.16. The van der Waals surface area contributed by atoms with E-state index in [1.54, 1.807) is 0 Å². The molecule has 0 radical (unpaired) electrons. The molecule has 0 aliphatic carbocycles. The van der Waals surface area contributed by atoms with Gasteiger partial charge in [0, 0.05) is 7.11 Å². The van der Waals surface area contributed by atoms with E-state index in [0.29, 0.717) is 5.56 Å². The van der Waals surface area contributed by atoms with Crippen LogP contribution >= 0.6 is 0 Å². The maximum atomic E-state index is 12.6. The smallest absolute Gasteiger partial charge is 0.339 e. The summed E-state index contributed by atoms with van der Waals surface area (Å²) in [6.07, 6.45) is -0.829. The molecule has 23 heavy (non-hydrogen) atoms. The SMILES string of the molecule is COCC(O)COC(=O)c1c2ccccc2cc2ccccc12. The molecule has 0 aromatic heterocycles. The fourth-order valence-electron chi connectivity index (χ4n) is 2.72. The van der Waals surface area contributed by atoms with E-state index in [1.165, 1.54) is 7.11 Å². The zero-order chi connectivity index (χ0) is 16.2. The maximum absolute atomic E-state index is 12.6. The zero-order valence-corrected chi connectivity index (χ0v) is 12.9. The summed E-state index contributed by atoms with van der Waals surface area (Å²) in [6.45, 7) is 0.0355. The Hall–Kier alpha value is -2.43. The molecule has 0 heterocycles. The summed E-state index contributed by atoms with van der Waals surface area (Å²) in [5, 5.41) is 13.3. The summed E-state index contributed by atoms with van der Waals surface area (Å²) in [6, 6.07) is 17.5. The van der Waals surface area contributed by atoms with Gasteiger partial charge in [-0.2, -0.15) is 0 Å².